The van der Waals surface area contributed by atoms with Gasteiger partial charge in [0.15, 0.2) is 0 Å². The SMILES string of the molecule is Cc1cccc(CN(CC(=O)O)C2CCCC2)c1C. The molecule has 3 heteroatoms. The average molecular weight is 261 g/mol. The molecular formula is C16H23NO2. The van der Waals surface area contributed by atoms with E-state index in [0.717, 1.165) is 19.4 Å². The lowest BCUT2D eigenvalue weighted by Gasteiger charge is -2.28. The van der Waals surface area contributed by atoms with Crippen molar-refractivity contribution in [3.8, 4) is 0 Å². The van der Waals surface area contributed by atoms with E-state index in [1.54, 1.807) is 0 Å². The van der Waals surface area contributed by atoms with E-state index in [1.165, 1.54) is 29.5 Å². The zero-order valence-electron chi connectivity index (χ0n) is 11.9. The zero-order chi connectivity index (χ0) is 13.8. The monoisotopic (exact) mass is 261 g/mol. The molecule has 0 heterocycles. The van der Waals surface area contributed by atoms with Crippen LogP contribution >= 0.6 is 0 Å². The first-order valence-corrected chi connectivity index (χ1v) is 7.09. The molecule has 1 aromatic rings. The average Bonchev–Trinajstić information content (AvgIpc) is 2.87. The molecule has 1 fully saturated rings. The van der Waals surface area contributed by atoms with Crippen LogP contribution < -0.4 is 0 Å². The molecule has 0 spiro atoms. The van der Waals surface area contributed by atoms with E-state index in [2.05, 4.69) is 36.9 Å². The summed E-state index contributed by atoms with van der Waals surface area (Å²) in [7, 11) is 0. The fraction of sp³-hybridized carbons (Fsp3) is 0.562. The van der Waals surface area contributed by atoms with Crippen molar-refractivity contribution in [2.45, 2.75) is 52.1 Å². The topological polar surface area (TPSA) is 40.5 Å². The van der Waals surface area contributed by atoms with Crippen LogP contribution in [-0.4, -0.2) is 28.6 Å². The number of hydrogen-bond donors (Lipinski definition) is 1. The van der Waals surface area contributed by atoms with Crippen molar-refractivity contribution in [2.24, 2.45) is 0 Å². The van der Waals surface area contributed by atoms with E-state index in [0.29, 0.717) is 6.04 Å². The fourth-order valence-corrected chi connectivity index (χ4v) is 2.96. The minimum Gasteiger partial charge on any atom is -0.480 e. The summed E-state index contributed by atoms with van der Waals surface area (Å²) >= 11 is 0. The van der Waals surface area contributed by atoms with Gasteiger partial charge in [0, 0.05) is 12.6 Å². The minimum absolute atomic E-state index is 0.151. The summed E-state index contributed by atoms with van der Waals surface area (Å²) in [6.07, 6.45) is 4.73. The normalized spacial score (nSPS) is 16.2. The van der Waals surface area contributed by atoms with Crippen LogP contribution in [0.3, 0.4) is 0 Å². The Morgan fingerprint density at radius 1 is 1.32 bits per heavy atom. The van der Waals surface area contributed by atoms with Crippen molar-refractivity contribution >= 4 is 5.97 Å². The summed E-state index contributed by atoms with van der Waals surface area (Å²) in [5.41, 5.74) is 3.82. The van der Waals surface area contributed by atoms with Gasteiger partial charge in [-0.1, -0.05) is 31.0 Å². The van der Waals surface area contributed by atoms with E-state index in [-0.39, 0.29) is 6.54 Å². The molecule has 0 unspecified atom stereocenters. The van der Waals surface area contributed by atoms with Gasteiger partial charge in [-0.25, -0.2) is 0 Å². The van der Waals surface area contributed by atoms with Crippen LogP contribution in [0.15, 0.2) is 18.2 Å². The van der Waals surface area contributed by atoms with Crippen molar-refractivity contribution in [2.75, 3.05) is 6.54 Å². The number of carboxylic acid groups (broad SMARTS) is 1. The van der Waals surface area contributed by atoms with Gasteiger partial charge in [-0.05, 0) is 43.4 Å². The summed E-state index contributed by atoms with van der Waals surface area (Å²) < 4.78 is 0. The molecule has 0 amide bonds. The van der Waals surface area contributed by atoms with Crippen molar-refractivity contribution in [1.29, 1.82) is 0 Å². The molecule has 104 valence electrons. The summed E-state index contributed by atoms with van der Waals surface area (Å²) in [5.74, 6) is -0.725. The maximum absolute atomic E-state index is 11.1. The molecular weight excluding hydrogens is 238 g/mol. The highest BCUT2D eigenvalue weighted by molar-refractivity contribution is 5.69. The number of benzene rings is 1. The van der Waals surface area contributed by atoms with Gasteiger partial charge < -0.3 is 5.11 Å². The maximum Gasteiger partial charge on any atom is 0.317 e. The predicted molar refractivity (Wildman–Crippen MR) is 76.2 cm³/mol. The van der Waals surface area contributed by atoms with Crippen LogP contribution in [0, 0.1) is 13.8 Å². The third-order valence-electron chi connectivity index (χ3n) is 4.27. The lowest BCUT2D eigenvalue weighted by Crippen LogP contribution is -2.37. The van der Waals surface area contributed by atoms with Crippen LogP contribution in [0.4, 0.5) is 0 Å². The zero-order valence-corrected chi connectivity index (χ0v) is 11.9. The van der Waals surface area contributed by atoms with Crippen molar-refractivity contribution in [3.63, 3.8) is 0 Å². The van der Waals surface area contributed by atoms with Crippen LogP contribution in [0.2, 0.25) is 0 Å². The first-order valence-electron chi connectivity index (χ1n) is 7.09. The minimum atomic E-state index is -0.725. The fourth-order valence-electron chi connectivity index (χ4n) is 2.96. The Labute approximate surface area is 115 Å². The molecule has 0 atom stereocenters. The van der Waals surface area contributed by atoms with Gasteiger partial charge in [-0.2, -0.15) is 0 Å². The second-order valence-electron chi connectivity index (χ2n) is 5.60. The Hall–Kier alpha value is -1.35. The number of rotatable bonds is 5. The first kappa shape index (κ1) is 14.1. The molecule has 0 bridgehead atoms. The van der Waals surface area contributed by atoms with Crippen LogP contribution in [0.25, 0.3) is 0 Å². The van der Waals surface area contributed by atoms with Crippen molar-refractivity contribution in [1.82, 2.24) is 4.90 Å². The molecule has 1 saturated carbocycles. The number of aryl methyl sites for hydroxylation is 1. The Kier molecular flexibility index (Phi) is 4.59. The van der Waals surface area contributed by atoms with Gasteiger partial charge >= 0.3 is 5.97 Å². The highest BCUT2D eigenvalue weighted by atomic mass is 16.4. The quantitative estimate of drug-likeness (QED) is 0.885. The largest absolute Gasteiger partial charge is 0.480 e. The van der Waals surface area contributed by atoms with Gasteiger partial charge in [0.25, 0.3) is 0 Å². The number of carbonyl (C=O) groups is 1. The molecule has 19 heavy (non-hydrogen) atoms. The summed E-state index contributed by atoms with van der Waals surface area (Å²) in [6, 6.07) is 6.73. The molecule has 2 rings (SSSR count). The van der Waals surface area contributed by atoms with E-state index in [9.17, 15) is 4.79 Å². The van der Waals surface area contributed by atoms with E-state index in [4.69, 9.17) is 5.11 Å². The third-order valence-corrected chi connectivity index (χ3v) is 4.27. The molecule has 1 aliphatic carbocycles. The molecule has 0 aromatic heterocycles. The van der Waals surface area contributed by atoms with E-state index >= 15 is 0 Å². The first-order chi connectivity index (χ1) is 9.08. The van der Waals surface area contributed by atoms with Gasteiger partial charge in [0.1, 0.15) is 0 Å². The van der Waals surface area contributed by atoms with Crippen molar-refractivity contribution < 1.29 is 9.90 Å². The Bertz CT molecular complexity index is 450. The van der Waals surface area contributed by atoms with Crippen molar-refractivity contribution in [3.05, 3.63) is 34.9 Å². The molecule has 0 radical (unpaired) electrons. The lowest BCUT2D eigenvalue weighted by atomic mass is 10.0. The molecule has 1 aliphatic rings. The Morgan fingerprint density at radius 2 is 2.00 bits per heavy atom. The summed E-state index contributed by atoms with van der Waals surface area (Å²) in [4.78, 5) is 13.2. The highest BCUT2D eigenvalue weighted by Gasteiger charge is 2.24. The van der Waals surface area contributed by atoms with Crippen LogP contribution in [-0.2, 0) is 11.3 Å². The lowest BCUT2D eigenvalue weighted by molar-refractivity contribution is -0.139. The number of nitrogens with zero attached hydrogens (tertiary/aromatic N) is 1. The van der Waals surface area contributed by atoms with Gasteiger partial charge in [-0.15, -0.1) is 0 Å². The summed E-state index contributed by atoms with van der Waals surface area (Å²) in [5, 5.41) is 9.10. The number of carboxylic acids is 1. The number of aliphatic carboxylic acids is 1. The Morgan fingerprint density at radius 3 is 2.63 bits per heavy atom. The van der Waals surface area contributed by atoms with E-state index < -0.39 is 5.97 Å². The van der Waals surface area contributed by atoms with E-state index in [1.807, 2.05) is 0 Å². The van der Waals surface area contributed by atoms with Crippen LogP contribution in [0.5, 0.6) is 0 Å². The second kappa shape index (κ2) is 6.20. The van der Waals surface area contributed by atoms with Crippen LogP contribution in [0.1, 0.15) is 42.4 Å². The second-order valence-corrected chi connectivity index (χ2v) is 5.60. The Balaban J connectivity index is 2.14. The van der Waals surface area contributed by atoms with Gasteiger partial charge in [0.2, 0.25) is 0 Å². The third kappa shape index (κ3) is 3.57. The molecule has 0 saturated heterocycles. The molecule has 3 nitrogen and oxygen atoms in total. The molecule has 1 aromatic carbocycles. The highest BCUT2D eigenvalue weighted by Crippen LogP contribution is 2.25. The predicted octanol–water partition coefficient (Wildman–Crippen LogP) is 3.13. The van der Waals surface area contributed by atoms with Gasteiger partial charge in [-0.3, -0.25) is 9.69 Å². The maximum atomic E-state index is 11.1. The standard InChI is InChI=1S/C16H23NO2/c1-12-6-5-7-14(13(12)2)10-17(11-16(18)19)15-8-3-4-9-15/h5-7,15H,3-4,8-11H2,1-2H3,(H,18,19). The molecule has 0 aliphatic heterocycles. The molecule has 1 N–H and O–H groups in total. The summed E-state index contributed by atoms with van der Waals surface area (Å²) in [6.45, 7) is 5.14. The smallest absolute Gasteiger partial charge is 0.317 e. The number of hydrogen-bond acceptors (Lipinski definition) is 2. The van der Waals surface area contributed by atoms with Gasteiger partial charge in [0.05, 0.1) is 6.54 Å².